The number of hydrogen-bond acceptors (Lipinski definition) is 5. The molecule has 0 bridgehead atoms. The monoisotopic (exact) mass is 404 g/mol. The third-order valence-corrected chi connectivity index (χ3v) is 5.12. The number of nitrogens with zero attached hydrogens (tertiary/aromatic N) is 3. The minimum atomic E-state index is -0.176. The van der Waals surface area contributed by atoms with Gasteiger partial charge < -0.3 is 10.1 Å². The minimum Gasteiger partial charge on any atom is -0.466 e. The number of ether oxygens (including phenoxy) is 1. The smallest absolute Gasteiger partial charge is 0.310 e. The van der Waals surface area contributed by atoms with Crippen molar-refractivity contribution in [2.75, 3.05) is 31.6 Å². The molecule has 2 heterocycles. The number of halogens is 1. The number of anilines is 1. The Balaban J connectivity index is 1.56. The summed E-state index contributed by atoms with van der Waals surface area (Å²) < 4.78 is 6.82. The molecule has 1 fully saturated rings. The van der Waals surface area contributed by atoms with Gasteiger partial charge in [0.1, 0.15) is 5.82 Å². The number of carbonyl (C=O) groups excluding carboxylic acids is 2. The van der Waals surface area contributed by atoms with E-state index < -0.39 is 0 Å². The maximum Gasteiger partial charge on any atom is 0.310 e. The van der Waals surface area contributed by atoms with Crippen molar-refractivity contribution in [3.63, 3.8) is 0 Å². The second-order valence-electron chi connectivity index (χ2n) is 6.84. The van der Waals surface area contributed by atoms with Crippen LogP contribution in [0.2, 0.25) is 5.02 Å². The fraction of sp³-hybridized carbons (Fsp3) is 0.450. The average molecular weight is 405 g/mol. The van der Waals surface area contributed by atoms with Crippen molar-refractivity contribution in [2.24, 2.45) is 5.92 Å². The predicted molar refractivity (Wildman–Crippen MR) is 107 cm³/mol. The zero-order valence-corrected chi connectivity index (χ0v) is 16.7. The predicted octanol–water partition coefficient (Wildman–Crippen LogP) is 2.80. The molecule has 1 aromatic carbocycles. The Morgan fingerprint density at radius 1 is 1.32 bits per heavy atom. The Morgan fingerprint density at radius 3 is 2.93 bits per heavy atom. The number of benzene rings is 1. The number of amides is 1. The van der Waals surface area contributed by atoms with Crippen molar-refractivity contribution in [3.05, 3.63) is 47.1 Å². The van der Waals surface area contributed by atoms with Gasteiger partial charge in [0, 0.05) is 17.6 Å². The molecule has 2 aromatic rings. The van der Waals surface area contributed by atoms with E-state index in [1.807, 2.05) is 29.2 Å². The molecule has 1 aliphatic rings. The van der Waals surface area contributed by atoms with Gasteiger partial charge in [-0.15, -0.1) is 0 Å². The Bertz CT molecular complexity index is 823. The minimum absolute atomic E-state index is 0.134. The second-order valence-corrected chi connectivity index (χ2v) is 7.25. The van der Waals surface area contributed by atoms with Crippen molar-refractivity contribution in [1.82, 2.24) is 14.7 Å². The lowest BCUT2D eigenvalue weighted by atomic mass is 9.98. The molecule has 1 N–H and O–H groups in total. The number of aromatic nitrogens is 2. The molecule has 1 unspecified atom stereocenters. The average Bonchev–Trinajstić information content (AvgIpc) is 3.10. The number of hydrogen-bond donors (Lipinski definition) is 1. The topological polar surface area (TPSA) is 76.5 Å². The fourth-order valence-electron chi connectivity index (χ4n) is 3.39. The molecular weight excluding hydrogens is 380 g/mol. The zero-order chi connectivity index (χ0) is 19.9. The summed E-state index contributed by atoms with van der Waals surface area (Å²) >= 11 is 6.22. The summed E-state index contributed by atoms with van der Waals surface area (Å²) in [6.45, 7) is 4.22. The van der Waals surface area contributed by atoms with Crippen LogP contribution in [0.25, 0.3) is 0 Å². The standard InChI is InChI=1S/C20H25ClN4O3/c1-2-28-20(27)16-7-5-11-24(12-16)14-19(26)23-18-9-10-22-25(18)13-15-6-3-4-8-17(15)21/h3-4,6,8-10,16H,2,5,7,11-14H2,1H3,(H,23,26). The van der Waals surface area contributed by atoms with Gasteiger partial charge >= 0.3 is 5.97 Å². The summed E-state index contributed by atoms with van der Waals surface area (Å²) in [6.07, 6.45) is 3.33. The van der Waals surface area contributed by atoms with E-state index in [0.717, 1.165) is 24.9 Å². The van der Waals surface area contributed by atoms with Crippen molar-refractivity contribution >= 4 is 29.3 Å². The molecule has 7 nitrogen and oxygen atoms in total. The number of esters is 1. The highest BCUT2D eigenvalue weighted by molar-refractivity contribution is 6.31. The SMILES string of the molecule is CCOC(=O)C1CCCN(CC(=O)Nc2ccnn2Cc2ccccc2Cl)C1. The van der Waals surface area contributed by atoms with Crippen molar-refractivity contribution < 1.29 is 14.3 Å². The number of nitrogens with one attached hydrogen (secondary N) is 1. The van der Waals surface area contributed by atoms with E-state index in [2.05, 4.69) is 10.4 Å². The molecule has 1 atom stereocenters. The molecule has 1 saturated heterocycles. The Labute approximate surface area is 169 Å². The highest BCUT2D eigenvalue weighted by Crippen LogP contribution is 2.19. The van der Waals surface area contributed by atoms with Gasteiger partial charge in [0.05, 0.1) is 31.8 Å². The number of rotatable bonds is 7. The Morgan fingerprint density at radius 2 is 2.14 bits per heavy atom. The van der Waals surface area contributed by atoms with Crippen molar-refractivity contribution in [1.29, 1.82) is 0 Å². The first-order valence-electron chi connectivity index (χ1n) is 9.51. The van der Waals surface area contributed by atoms with Crippen LogP contribution < -0.4 is 5.32 Å². The Kier molecular flexibility index (Phi) is 7.06. The van der Waals surface area contributed by atoms with Crippen LogP contribution in [0.3, 0.4) is 0 Å². The van der Waals surface area contributed by atoms with E-state index in [9.17, 15) is 9.59 Å². The maximum absolute atomic E-state index is 12.5. The van der Waals surface area contributed by atoms with Crippen LogP contribution in [0.1, 0.15) is 25.3 Å². The summed E-state index contributed by atoms with van der Waals surface area (Å²) in [5, 5.41) is 7.84. The van der Waals surface area contributed by atoms with Gasteiger partial charge in [-0.05, 0) is 37.9 Å². The van der Waals surface area contributed by atoms with Crippen LogP contribution >= 0.6 is 11.6 Å². The van der Waals surface area contributed by atoms with Crippen molar-refractivity contribution in [3.8, 4) is 0 Å². The number of piperidine rings is 1. The van der Waals surface area contributed by atoms with Crippen LogP contribution in [0.4, 0.5) is 5.82 Å². The zero-order valence-electron chi connectivity index (χ0n) is 15.9. The molecule has 1 aliphatic heterocycles. The molecule has 3 rings (SSSR count). The van der Waals surface area contributed by atoms with E-state index in [-0.39, 0.29) is 24.3 Å². The van der Waals surface area contributed by atoms with Gasteiger partial charge in [0.25, 0.3) is 0 Å². The lowest BCUT2D eigenvalue weighted by Crippen LogP contribution is -2.43. The van der Waals surface area contributed by atoms with Gasteiger partial charge in [0.2, 0.25) is 5.91 Å². The fourth-order valence-corrected chi connectivity index (χ4v) is 3.59. The molecular formula is C20H25ClN4O3. The molecule has 0 aliphatic carbocycles. The maximum atomic E-state index is 12.5. The van der Waals surface area contributed by atoms with E-state index in [0.29, 0.717) is 30.5 Å². The quantitative estimate of drug-likeness (QED) is 0.718. The largest absolute Gasteiger partial charge is 0.466 e. The van der Waals surface area contributed by atoms with Gasteiger partial charge in [0.15, 0.2) is 0 Å². The van der Waals surface area contributed by atoms with Gasteiger partial charge in [-0.1, -0.05) is 29.8 Å². The van der Waals surface area contributed by atoms with E-state index in [1.54, 1.807) is 23.9 Å². The molecule has 0 spiro atoms. The summed E-state index contributed by atoms with van der Waals surface area (Å²) in [4.78, 5) is 26.5. The highest BCUT2D eigenvalue weighted by Gasteiger charge is 2.27. The van der Waals surface area contributed by atoms with E-state index in [1.165, 1.54) is 0 Å². The summed E-state index contributed by atoms with van der Waals surface area (Å²) in [5.74, 6) is 0.145. The summed E-state index contributed by atoms with van der Waals surface area (Å²) in [5.41, 5.74) is 0.927. The van der Waals surface area contributed by atoms with Gasteiger partial charge in [-0.2, -0.15) is 5.10 Å². The summed E-state index contributed by atoms with van der Waals surface area (Å²) in [6, 6.07) is 9.30. The first-order valence-corrected chi connectivity index (χ1v) is 9.88. The first kappa shape index (κ1) is 20.4. The van der Waals surface area contributed by atoms with Crippen LogP contribution in [-0.2, 0) is 20.9 Å². The first-order chi connectivity index (χ1) is 13.6. The Hall–Kier alpha value is -2.38. The molecule has 0 saturated carbocycles. The van der Waals surface area contributed by atoms with Crippen LogP contribution in [0.15, 0.2) is 36.5 Å². The van der Waals surface area contributed by atoms with Crippen LogP contribution in [-0.4, -0.2) is 52.8 Å². The highest BCUT2D eigenvalue weighted by atomic mass is 35.5. The molecule has 28 heavy (non-hydrogen) atoms. The van der Waals surface area contributed by atoms with E-state index >= 15 is 0 Å². The lowest BCUT2D eigenvalue weighted by Gasteiger charge is -2.30. The molecule has 0 radical (unpaired) electrons. The molecule has 150 valence electrons. The molecule has 8 heteroatoms. The summed E-state index contributed by atoms with van der Waals surface area (Å²) in [7, 11) is 0. The normalized spacial score (nSPS) is 17.3. The second kappa shape index (κ2) is 9.71. The van der Waals surface area contributed by atoms with Crippen LogP contribution in [0.5, 0.6) is 0 Å². The number of carbonyl (C=O) groups is 2. The lowest BCUT2D eigenvalue weighted by molar-refractivity contribution is -0.150. The number of likely N-dealkylation sites (tertiary alicyclic amines) is 1. The van der Waals surface area contributed by atoms with E-state index in [4.69, 9.17) is 16.3 Å². The molecule has 1 amide bonds. The van der Waals surface area contributed by atoms with Crippen LogP contribution in [0, 0.1) is 5.92 Å². The third kappa shape index (κ3) is 5.33. The molecule has 1 aromatic heterocycles. The third-order valence-electron chi connectivity index (χ3n) is 4.75. The van der Waals surface area contributed by atoms with Crippen molar-refractivity contribution in [2.45, 2.75) is 26.3 Å². The van der Waals surface area contributed by atoms with Gasteiger partial charge in [-0.25, -0.2) is 4.68 Å². The van der Waals surface area contributed by atoms with Gasteiger partial charge in [-0.3, -0.25) is 14.5 Å².